The summed E-state index contributed by atoms with van der Waals surface area (Å²) in [4.78, 5) is 2.44. The van der Waals surface area contributed by atoms with Crippen molar-refractivity contribution in [1.29, 1.82) is 0 Å². The first kappa shape index (κ1) is 10.7. The highest BCUT2D eigenvalue weighted by Gasteiger charge is 2.33. The maximum atomic E-state index is 9.10. The fourth-order valence-electron chi connectivity index (χ4n) is 2.23. The SMILES string of the molecule is C=CCN1CCC(CO)CC1(C)C. The third kappa shape index (κ3) is 2.55. The molecule has 0 aliphatic carbocycles. The summed E-state index contributed by atoms with van der Waals surface area (Å²) in [6.07, 6.45) is 4.17. The van der Waals surface area contributed by atoms with Gasteiger partial charge in [-0.05, 0) is 39.2 Å². The molecule has 0 aromatic heterocycles. The second kappa shape index (κ2) is 4.25. The number of aliphatic hydroxyl groups is 1. The molecule has 13 heavy (non-hydrogen) atoms. The molecule has 1 aliphatic heterocycles. The average molecular weight is 183 g/mol. The van der Waals surface area contributed by atoms with Gasteiger partial charge in [0.05, 0.1) is 0 Å². The van der Waals surface area contributed by atoms with Gasteiger partial charge in [0.25, 0.3) is 0 Å². The maximum Gasteiger partial charge on any atom is 0.0460 e. The molecule has 1 N–H and O–H groups in total. The van der Waals surface area contributed by atoms with Crippen LogP contribution in [-0.4, -0.2) is 35.2 Å². The molecule has 1 fully saturated rings. The van der Waals surface area contributed by atoms with Crippen LogP contribution in [0.5, 0.6) is 0 Å². The first-order valence-corrected chi connectivity index (χ1v) is 5.07. The van der Waals surface area contributed by atoms with Gasteiger partial charge in [-0.3, -0.25) is 4.90 Å². The molecule has 0 amide bonds. The molecule has 0 aromatic carbocycles. The van der Waals surface area contributed by atoms with E-state index in [9.17, 15) is 0 Å². The number of hydrogen-bond donors (Lipinski definition) is 1. The maximum absolute atomic E-state index is 9.10. The highest BCUT2D eigenvalue weighted by Crippen LogP contribution is 2.30. The molecular formula is C11H21NO. The van der Waals surface area contributed by atoms with Crippen LogP contribution in [0.1, 0.15) is 26.7 Å². The van der Waals surface area contributed by atoms with Crippen molar-refractivity contribution in [2.75, 3.05) is 19.7 Å². The van der Waals surface area contributed by atoms with Crippen molar-refractivity contribution in [1.82, 2.24) is 4.90 Å². The lowest BCUT2D eigenvalue weighted by Gasteiger charge is -2.45. The predicted molar refractivity (Wildman–Crippen MR) is 55.7 cm³/mol. The van der Waals surface area contributed by atoms with Gasteiger partial charge in [-0.2, -0.15) is 0 Å². The number of hydrogen-bond acceptors (Lipinski definition) is 2. The van der Waals surface area contributed by atoms with E-state index in [1.54, 1.807) is 0 Å². The van der Waals surface area contributed by atoms with Gasteiger partial charge < -0.3 is 5.11 Å². The third-order valence-corrected chi connectivity index (χ3v) is 3.06. The summed E-state index contributed by atoms with van der Waals surface area (Å²) in [6, 6.07) is 0. The Morgan fingerprint density at radius 1 is 1.62 bits per heavy atom. The first-order valence-electron chi connectivity index (χ1n) is 5.07. The Bertz CT molecular complexity index is 177. The molecule has 1 aliphatic rings. The summed E-state index contributed by atoms with van der Waals surface area (Å²) in [5.74, 6) is 0.496. The molecule has 1 atom stereocenters. The minimum absolute atomic E-state index is 0.222. The lowest BCUT2D eigenvalue weighted by Crippen LogP contribution is -2.50. The van der Waals surface area contributed by atoms with Gasteiger partial charge in [0.15, 0.2) is 0 Å². The fraction of sp³-hybridized carbons (Fsp3) is 0.818. The summed E-state index contributed by atoms with van der Waals surface area (Å²) in [6.45, 7) is 10.7. The van der Waals surface area contributed by atoms with Crippen LogP contribution in [0.2, 0.25) is 0 Å². The summed E-state index contributed by atoms with van der Waals surface area (Å²) < 4.78 is 0. The normalized spacial score (nSPS) is 28.7. The Kier molecular flexibility index (Phi) is 3.51. The topological polar surface area (TPSA) is 23.5 Å². The van der Waals surface area contributed by atoms with Gasteiger partial charge in [-0.1, -0.05) is 6.08 Å². The number of aliphatic hydroxyl groups excluding tert-OH is 1. The van der Waals surface area contributed by atoms with E-state index >= 15 is 0 Å². The second-order valence-corrected chi connectivity index (χ2v) is 4.59. The molecule has 0 bridgehead atoms. The number of piperidine rings is 1. The van der Waals surface area contributed by atoms with Crippen LogP contribution in [0.3, 0.4) is 0 Å². The zero-order valence-corrected chi connectivity index (χ0v) is 8.79. The Balaban J connectivity index is 2.56. The van der Waals surface area contributed by atoms with Crippen LogP contribution in [0.25, 0.3) is 0 Å². The third-order valence-electron chi connectivity index (χ3n) is 3.06. The van der Waals surface area contributed by atoms with Crippen LogP contribution >= 0.6 is 0 Å². The van der Waals surface area contributed by atoms with Crippen LogP contribution < -0.4 is 0 Å². The Hall–Kier alpha value is -0.340. The predicted octanol–water partition coefficient (Wildman–Crippen LogP) is 1.66. The Labute approximate surface area is 81.2 Å². The van der Waals surface area contributed by atoms with Gasteiger partial charge in [-0.15, -0.1) is 6.58 Å². The monoisotopic (exact) mass is 183 g/mol. The van der Waals surface area contributed by atoms with E-state index in [4.69, 9.17) is 5.11 Å². The molecule has 0 spiro atoms. The Morgan fingerprint density at radius 2 is 2.31 bits per heavy atom. The highest BCUT2D eigenvalue weighted by atomic mass is 16.3. The van der Waals surface area contributed by atoms with Crippen molar-refractivity contribution in [3.63, 3.8) is 0 Å². The molecule has 1 rings (SSSR count). The van der Waals surface area contributed by atoms with Gasteiger partial charge in [0, 0.05) is 18.7 Å². The van der Waals surface area contributed by atoms with E-state index < -0.39 is 0 Å². The Morgan fingerprint density at radius 3 is 2.77 bits per heavy atom. The molecule has 2 nitrogen and oxygen atoms in total. The van der Waals surface area contributed by atoms with Gasteiger partial charge >= 0.3 is 0 Å². The summed E-state index contributed by atoms with van der Waals surface area (Å²) in [7, 11) is 0. The molecule has 1 unspecified atom stereocenters. The largest absolute Gasteiger partial charge is 0.396 e. The van der Waals surface area contributed by atoms with Gasteiger partial charge in [0.2, 0.25) is 0 Å². The lowest BCUT2D eigenvalue weighted by molar-refractivity contribution is 0.0366. The molecule has 0 saturated carbocycles. The van der Waals surface area contributed by atoms with Crippen molar-refractivity contribution in [3.05, 3.63) is 12.7 Å². The molecule has 0 radical (unpaired) electrons. The number of likely N-dealkylation sites (tertiary alicyclic amines) is 1. The molecule has 2 heteroatoms. The molecular weight excluding hydrogens is 162 g/mol. The molecule has 76 valence electrons. The molecule has 0 aromatic rings. The number of rotatable bonds is 3. The lowest BCUT2D eigenvalue weighted by atomic mass is 9.83. The zero-order valence-electron chi connectivity index (χ0n) is 8.79. The van der Waals surface area contributed by atoms with E-state index in [-0.39, 0.29) is 5.54 Å². The van der Waals surface area contributed by atoms with Crippen LogP contribution in [0.4, 0.5) is 0 Å². The molecule has 1 heterocycles. The highest BCUT2D eigenvalue weighted by molar-refractivity contribution is 4.91. The summed E-state index contributed by atoms with van der Waals surface area (Å²) >= 11 is 0. The minimum Gasteiger partial charge on any atom is -0.396 e. The second-order valence-electron chi connectivity index (χ2n) is 4.59. The van der Waals surface area contributed by atoms with Crippen LogP contribution in [0, 0.1) is 5.92 Å². The van der Waals surface area contributed by atoms with Gasteiger partial charge in [-0.25, -0.2) is 0 Å². The quantitative estimate of drug-likeness (QED) is 0.673. The average Bonchev–Trinajstić information content (AvgIpc) is 2.08. The van der Waals surface area contributed by atoms with Crippen molar-refractivity contribution in [2.24, 2.45) is 5.92 Å². The van der Waals surface area contributed by atoms with E-state index in [0.717, 1.165) is 25.9 Å². The minimum atomic E-state index is 0.222. The summed E-state index contributed by atoms with van der Waals surface area (Å²) in [5, 5.41) is 9.10. The molecule has 1 saturated heterocycles. The van der Waals surface area contributed by atoms with Crippen molar-refractivity contribution < 1.29 is 5.11 Å². The standard InChI is InChI=1S/C11H21NO/c1-4-6-12-7-5-10(9-13)8-11(12,2)3/h4,10,13H,1,5-9H2,2-3H3. The van der Waals surface area contributed by atoms with Crippen molar-refractivity contribution in [2.45, 2.75) is 32.2 Å². The first-order chi connectivity index (χ1) is 6.10. The van der Waals surface area contributed by atoms with Gasteiger partial charge in [0.1, 0.15) is 0 Å². The zero-order chi connectivity index (χ0) is 9.90. The van der Waals surface area contributed by atoms with Crippen molar-refractivity contribution >= 4 is 0 Å². The summed E-state index contributed by atoms with van der Waals surface area (Å²) in [5.41, 5.74) is 0.222. The fourth-order valence-corrected chi connectivity index (χ4v) is 2.23. The van der Waals surface area contributed by atoms with E-state index in [1.165, 1.54) is 0 Å². The van der Waals surface area contributed by atoms with E-state index in [2.05, 4.69) is 25.3 Å². The van der Waals surface area contributed by atoms with E-state index in [1.807, 2.05) is 6.08 Å². The smallest absolute Gasteiger partial charge is 0.0460 e. The van der Waals surface area contributed by atoms with Crippen LogP contribution in [-0.2, 0) is 0 Å². The van der Waals surface area contributed by atoms with Crippen molar-refractivity contribution in [3.8, 4) is 0 Å². The van der Waals surface area contributed by atoms with Crippen LogP contribution in [0.15, 0.2) is 12.7 Å². The number of nitrogens with zero attached hydrogens (tertiary/aromatic N) is 1. The van der Waals surface area contributed by atoms with E-state index in [0.29, 0.717) is 12.5 Å².